The summed E-state index contributed by atoms with van der Waals surface area (Å²) in [5.74, 6) is 0.652. The van der Waals surface area contributed by atoms with Gasteiger partial charge in [-0.25, -0.2) is 0 Å². The number of rotatable bonds is 6. The second-order valence-electron chi connectivity index (χ2n) is 6.29. The van der Waals surface area contributed by atoms with Crippen molar-refractivity contribution in [2.75, 3.05) is 25.6 Å². The van der Waals surface area contributed by atoms with Crippen LogP contribution in [0.1, 0.15) is 25.3 Å². The van der Waals surface area contributed by atoms with Crippen LogP contribution in [0, 0.1) is 0 Å². The Labute approximate surface area is 167 Å². The molecular weight excluding hydrogens is 388 g/mol. The number of esters is 1. The highest BCUT2D eigenvalue weighted by molar-refractivity contribution is 8.23. The van der Waals surface area contributed by atoms with E-state index in [-0.39, 0.29) is 18.5 Å². The van der Waals surface area contributed by atoms with Gasteiger partial charge in [0.25, 0.3) is 5.91 Å². The Hall–Kier alpha value is -2.00. The quantitative estimate of drug-likeness (QED) is 0.564. The molecule has 3 rings (SSSR count). The number of carbonyl (C=O) groups excluding carboxylic acids is 2. The minimum absolute atomic E-state index is 0.106. The zero-order valence-electron chi connectivity index (χ0n) is 15.1. The van der Waals surface area contributed by atoms with Gasteiger partial charge < -0.3 is 24.4 Å². The smallest absolute Gasteiger partial charge is 0.317 e. The lowest BCUT2D eigenvalue weighted by Gasteiger charge is -2.18. The Morgan fingerprint density at radius 1 is 1.30 bits per heavy atom. The summed E-state index contributed by atoms with van der Waals surface area (Å²) < 4.78 is 16.5. The highest BCUT2D eigenvalue weighted by Crippen LogP contribution is 2.32. The Kier molecular flexibility index (Phi) is 6.78. The summed E-state index contributed by atoms with van der Waals surface area (Å²) in [6, 6.07) is 5.46. The summed E-state index contributed by atoms with van der Waals surface area (Å²) in [4.78, 5) is 26.2. The van der Waals surface area contributed by atoms with Crippen molar-refractivity contribution in [1.29, 1.82) is 0 Å². The molecule has 2 aliphatic heterocycles. The van der Waals surface area contributed by atoms with Gasteiger partial charge in [0.1, 0.15) is 4.32 Å². The highest BCUT2D eigenvalue weighted by atomic mass is 32.2. The lowest BCUT2D eigenvalue weighted by molar-refractivity contribution is -0.152. The van der Waals surface area contributed by atoms with Gasteiger partial charge in [0.05, 0.1) is 5.75 Å². The number of nitrogens with zero attached hydrogens (tertiary/aromatic N) is 1. The Bertz CT molecular complexity index is 722. The van der Waals surface area contributed by atoms with Gasteiger partial charge in [-0.3, -0.25) is 9.59 Å². The van der Waals surface area contributed by atoms with E-state index in [0.29, 0.717) is 22.4 Å². The van der Waals surface area contributed by atoms with Gasteiger partial charge >= 0.3 is 5.97 Å². The number of hydrogen-bond acceptors (Lipinski definition) is 7. The molecule has 1 aromatic carbocycles. The van der Waals surface area contributed by atoms with Crippen molar-refractivity contribution in [1.82, 2.24) is 10.2 Å². The first-order valence-corrected chi connectivity index (χ1v) is 10.2. The summed E-state index contributed by atoms with van der Waals surface area (Å²) >= 11 is 6.59. The number of amides is 1. The standard InChI is InChI=1S/C18H22N2O5S2/c1-12(25-16(21)10-27-18(26)20-6-2-3-7-20)17(22)19-9-13-4-5-14-15(8-13)24-11-23-14/h4-5,8,12H,2-3,6-7,9-11H2,1H3,(H,19,22)/t12-/m0/s1. The van der Waals surface area contributed by atoms with Crippen LogP contribution in [-0.2, 0) is 20.9 Å². The van der Waals surface area contributed by atoms with Crippen molar-refractivity contribution in [3.05, 3.63) is 23.8 Å². The van der Waals surface area contributed by atoms with E-state index in [1.807, 2.05) is 12.1 Å². The van der Waals surface area contributed by atoms with Crippen LogP contribution in [0.5, 0.6) is 11.5 Å². The summed E-state index contributed by atoms with van der Waals surface area (Å²) in [6.45, 7) is 3.96. The largest absolute Gasteiger partial charge is 0.454 e. The van der Waals surface area contributed by atoms with Crippen LogP contribution in [0.3, 0.4) is 0 Å². The molecule has 1 saturated heterocycles. The van der Waals surface area contributed by atoms with E-state index in [9.17, 15) is 9.59 Å². The average molecular weight is 411 g/mol. The number of likely N-dealkylation sites (tertiary alicyclic amines) is 1. The normalized spacial score (nSPS) is 16.1. The molecule has 1 fully saturated rings. The number of nitrogens with one attached hydrogen (secondary N) is 1. The Morgan fingerprint density at radius 2 is 2.04 bits per heavy atom. The molecule has 2 heterocycles. The van der Waals surface area contributed by atoms with Crippen molar-refractivity contribution in [3.63, 3.8) is 0 Å². The molecule has 0 unspecified atom stereocenters. The predicted molar refractivity (Wildman–Crippen MR) is 106 cm³/mol. The summed E-state index contributed by atoms with van der Waals surface area (Å²) in [6.07, 6.45) is 1.39. The minimum atomic E-state index is -0.868. The van der Waals surface area contributed by atoms with Crippen LogP contribution in [0.2, 0.25) is 0 Å². The van der Waals surface area contributed by atoms with E-state index < -0.39 is 12.1 Å². The molecule has 1 aromatic rings. The third-order valence-corrected chi connectivity index (χ3v) is 5.76. The maximum absolute atomic E-state index is 12.1. The highest BCUT2D eigenvalue weighted by Gasteiger charge is 2.20. The lowest BCUT2D eigenvalue weighted by atomic mass is 10.2. The minimum Gasteiger partial charge on any atom is -0.454 e. The molecule has 0 spiro atoms. The molecule has 0 aliphatic carbocycles. The van der Waals surface area contributed by atoms with Crippen LogP contribution in [0.25, 0.3) is 0 Å². The number of fused-ring (bicyclic) bond motifs is 1. The van der Waals surface area contributed by atoms with Crippen molar-refractivity contribution in [3.8, 4) is 11.5 Å². The molecular formula is C18H22N2O5S2. The number of thiocarbonyl (C=S) groups is 1. The molecule has 0 bridgehead atoms. The topological polar surface area (TPSA) is 77.1 Å². The average Bonchev–Trinajstić information content (AvgIpc) is 3.35. The lowest BCUT2D eigenvalue weighted by Crippen LogP contribution is -2.36. The molecule has 0 radical (unpaired) electrons. The van der Waals surface area contributed by atoms with E-state index in [1.54, 1.807) is 13.0 Å². The maximum Gasteiger partial charge on any atom is 0.317 e. The fourth-order valence-electron chi connectivity index (χ4n) is 2.78. The third-order valence-electron chi connectivity index (χ3n) is 4.26. The number of ether oxygens (including phenoxy) is 3. The fourth-order valence-corrected chi connectivity index (χ4v) is 3.81. The summed E-state index contributed by atoms with van der Waals surface area (Å²) in [7, 11) is 0. The van der Waals surface area contributed by atoms with E-state index >= 15 is 0 Å². The van der Waals surface area contributed by atoms with E-state index in [4.69, 9.17) is 26.4 Å². The van der Waals surface area contributed by atoms with Gasteiger partial charge in [-0.05, 0) is 37.5 Å². The van der Waals surface area contributed by atoms with Gasteiger partial charge in [0.15, 0.2) is 17.6 Å². The third kappa shape index (κ3) is 5.49. The Morgan fingerprint density at radius 3 is 2.81 bits per heavy atom. The first-order valence-electron chi connectivity index (χ1n) is 8.80. The molecule has 9 heteroatoms. The van der Waals surface area contributed by atoms with E-state index in [2.05, 4.69) is 10.2 Å². The first-order chi connectivity index (χ1) is 13.0. The van der Waals surface area contributed by atoms with E-state index in [1.165, 1.54) is 11.8 Å². The van der Waals surface area contributed by atoms with Gasteiger partial charge in [0.2, 0.25) is 6.79 Å². The zero-order valence-corrected chi connectivity index (χ0v) is 16.7. The number of hydrogen-bond donors (Lipinski definition) is 1. The number of thioether (sulfide) groups is 1. The second-order valence-corrected chi connectivity index (χ2v) is 7.90. The van der Waals surface area contributed by atoms with Crippen LogP contribution in [-0.4, -0.2) is 52.8 Å². The number of carbonyl (C=O) groups is 2. The molecule has 7 nitrogen and oxygen atoms in total. The van der Waals surface area contributed by atoms with Crippen LogP contribution >= 0.6 is 24.0 Å². The van der Waals surface area contributed by atoms with Gasteiger partial charge in [0, 0.05) is 19.6 Å². The maximum atomic E-state index is 12.1. The van der Waals surface area contributed by atoms with Gasteiger partial charge in [-0.2, -0.15) is 0 Å². The molecule has 0 aromatic heterocycles. The predicted octanol–water partition coefficient (Wildman–Crippen LogP) is 2.08. The summed E-state index contributed by atoms with van der Waals surface area (Å²) in [5.41, 5.74) is 0.873. The van der Waals surface area contributed by atoms with Crippen LogP contribution in [0.4, 0.5) is 0 Å². The van der Waals surface area contributed by atoms with Gasteiger partial charge in [-0.15, -0.1) is 0 Å². The van der Waals surface area contributed by atoms with Gasteiger partial charge in [-0.1, -0.05) is 30.0 Å². The molecule has 0 saturated carbocycles. The SMILES string of the molecule is C[C@H](OC(=O)CSC(=S)N1CCCC1)C(=O)NCc1ccc2c(c1)OCO2. The van der Waals surface area contributed by atoms with E-state index in [0.717, 1.165) is 31.5 Å². The first kappa shape index (κ1) is 19.8. The molecule has 1 atom stereocenters. The Balaban J connectivity index is 1.38. The monoisotopic (exact) mass is 410 g/mol. The van der Waals surface area contributed by atoms with Crippen molar-refractivity contribution in [2.24, 2.45) is 0 Å². The van der Waals surface area contributed by atoms with Crippen LogP contribution in [0.15, 0.2) is 18.2 Å². The molecule has 1 amide bonds. The second kappa shape index (κ2) is 9.27. The zero-order chi connectivity index (χ0) is 19.2. The summed E-state index contributed by atoms with van der Waals surface area (Å²) in [5, 5.41) is 2.75. The van der Waals surface area contributed by atoms with Crippen molar-refractivity contribution < 1.29 is 23.8 Å². The molecule has 2 aliphatic rings. The van der Waals surface area contributed by atoms with Crippen molar-refractivity contribution >= 4 is 40.2 Å². The molecule has 146 valence electrons. The van der Waals surface area contributed by atoms with Crippen LogP contribution < -0.4 is 14.8 Å². The molecule has 27 heavy (non-hydrogen) atoms. The molecule has 1 N–H and O–H groups in total. The fraction of sp³-hybridized carbons (Fsp3) is 0.500. The van der Waals surface area contributed by atoms with Crippen molar-refractivity contribution in [2.45, 2.75) is 32.4 Å². The number of benzene rings is 1.